The predicted octanol–water partition coefficient (Wildman–Crippen LogP) is 15.2. The summed E-state index contributed by atoms with van der Waals surface area (Å²) < 4.78 is 7.39. The molecule has 12 aromatic rings. The standard InChI is InChI=1S/C54H34N2S/c1-4-12-35(13-5-1)36-22-27-51-47(30-36)48-32-38(24-29-52(48)56(51)42-16-8-3-9-17-42)40-21-26-45-44-25-20-39(33-53(44)57-54(45)34-40)37-23-28-50-46(31-37)43-18-10-11-19-49(43)55(50)41-14-6-2-7-15-41/h1-34H. The van der Waals surface area contributed by atoms with E-state index < -0.39 is 0 Å². The van der Waals surface area contributed by atoms with E-state index in [9.17, 15) is 0 Å². The van der Waals surface area contributed by atoms with Crippen LogP contribution in [0.1, 0.15) is 0 Å². The average Bonchev–Trinajstić information content (AvgIpc) is 3.93. The minimum absolute atomic E-state index is 1.17. The highest BCUT2D eigenvalue weighted by molar-refractivity contribution is 7.25. The van der Waals surface area contributed by atoms with E-state index in [4.69, 9.17) is 0 Å². The molecule has 3 heterocycles. The third-order valence-electron chi connectivity index (χ3n) is 11.7. The number of hydrogen-bond acceptors (Lipinski definition) is 1. The molecule has 0 aliphatic heterocycles. The van der Waals surface area contributed by atoms with Gasteiger partial charge in [-0.15, -0.1) is 11.3 Å². The van der Waals surface area contributed by atoms with Crippen LogP contribution >= 0.6 is 11.3 Å². The van der Waals surface area contributed by atoms with Crippen LogP contribution in [0.2, 0.25) is 0 Å². The van der Waals surface area contributed by atoms with Gasteiger partial charge in [-0.25, -0.2) is 0 Å². The molecular formula is C54H34N2S. The minimum Gasteiger partial charge on any atom is -0.309 e. The second-order valence-electron chi connectivity index (χ2n) is 14.9. The van der Waals surface area contributed by atoms with E-state index in [1.54, 1.807) is 0 Å². The maximum absolute atomic E-state index is 2.40. The van der Waals surface area contributed by atoms with Crippen LogP contribution in [0.5, 0.6) is 0 Å². The molecule has 2 nitrogen and oxygen atoms in total. The Kier molecular flexibility index (Phi) is 7.13. The summed E-state index contributed by atoms with van der Waals surface area (Å²) in [6.07, 6.45) is 0. The summed E-state index contributed by atoms with van der Waals surface area (Å²) in [5.41, 5.74) is 14.6. The van der Waals surface area contributed by atoms with Gasteiger partial charge in [-0.05, 0) is 112 Å². The molecule has 3 heteroatoms. The van der Waals surface area contributed by atoms with Crippen LogP contribution in [0.25, 0.3) is 109 Å². The van der Waals surface area contributed by atoms with Crippen molar-refractivity contribution < 1.29 is 0 Å². The van der Waals surface area contributed by atoms with Gasteiger partial charge in [0, 0.05) is 53.1 Å². The van der Waals surface area contributed by atoms with Gasteiger partial charge in [-0.2, -0.15) is 0 Å². The zero-order chi connectivity index (χ0) is 37.5. The van der Waals surface area contributed by atoms with Crippen molar-refractivity contribution in [2.45, 2.75) is 0 Å². The Morgan fingerprint density at radius 3 is 1.12 bits per heavy atom. The van der Waals surface area contributed by atoms with E-state index >= 15 is 0 Å². The Labute approximate surface area is 333 Å². The maximum atomic E-state index is 2.40. The van der Waals surface area contributed by atoms with Gasteiger partial charge >= 0.3 is 0 Å². The summed E-state index contributed by atoms with van der Waals surface area (Å²) in [7, 11) is 0. The van der Waals surface area contributed by atoms with E-state index in [0.29, 0.717) is 0 Å². The van der Waals surface area contributed by atoms with E-state index in [-0.39, 0.29) is 0 Å². The Morgan fingerprint density at radius 1 is 0.246 bits per heavy atom. The van der Waals surface area contributed by atoms with Gasteiger partial charge < -0.3 is 9.13 Å². The number of fused-ring (bicyclic) bond motifs is 9. The molecule has 0 fully saturated rings. The molecule has 0 bridgehead atoms. The fraction of sp³-hybridized carbons (Fsp3) is 0. The summed E-state index contributed by atoms with van der Waals surface area (Å²) in [4.78, 5) is 0. The topological polar surface area (TPSA) is 9.86 Å². The molecule has 0 spiro atoms. The van der Waals surface area contributed by atoms with Crippen LogP contribution < -0.4 is 0 Å². The van der Waals surface area contributed by atoms with Crippen LogP contribution in [-0.2, 0) is 0 Å². The Balaban J connectivity index is 0.961. The Hall–Kier alpha value is -7.20. The van der Waals surface area contributed by atoms with Crippen LogP contribution in [0.4, 0.5) is 0 Å². The molecule has 0 saturated carbocycles. The van der Waals surface area contributed by atoms with Gasteiger partial charge in [0.25, 0.3) is 0 Å². The van der Waals surface area contributed by atoms with Gasteiger partial charge in [0.2, 0.25) is 0 Å². The van der Waals surface area contributed by atoms with Crippen LogP contribution in [0.15, 0.2) is 206 Å². The molecule has 266 valence electrons. The summed E-state index contributed by atoms with van der Waals surface area (Å²) in [5.74, 6) is 0. The second kappa shape index (κ2) is 12.7. The molecule has 3 aromatic heterocycles. The van der Waals surface area contributed by atoms with E-state index in [1.165, 1.54) is 109 Å². The van der Waals surface area contributed by atoms with Gasteiger partial charge in [-0.1, -0.05) is 127 Å². The first-order valence-corrected chi connectivity index (χ1v) is 20.3. The Morgan fingerprint density at radius 2 is 0.614 bits per heavy atom. The molecule has 0 aliphatic rings. The fourth-order valence-corrected chi connectivity index (χ4v) is 10.2. The summed E-state index contributed by atoms with van der Waals surface area (Å²) in [6.45, 7) is 0. The number of thiophene rings is 1. The van der Waals surface area contributed by atoms with Crippen molar-refractivity contribution in [1.82, 2.24) is 9.13 Å². The largest absolute Gasteiger partial charge is 0.309 e. The highest BCUT2D eigenvalue weighted by atomic mass is 32.1. The average molecular weight is 743 g/mol. The monoisotopic (exact) mass is 742 g/mol. The first-order chi connectivity index (χ1) is 28.2. The van der Waals surface area contributed by atoms with Crippen LogP contribution in [0, 0.1) is 0 Å². The molecule has 0 aliphatic carbocycles. The van der Waals surface area contributed by atoms with E-state index in [1.807, 2.05) is 11.3 Å². The predicted molar refractivity (Wildman–Crippen MR) is 244 cm³/mol. The fourth-order valence-electron chi connectivity index (χ4n) is 9.01. The minimum atomic E-state index is 1.17. The number of hydrogen-bond donors (Lipinski definition) is 0. The van der Waals surface area contributed by atoms with E-state index in [0.717, 1.165) is 0 Å². The zero-order valence-electron chi connectivity index (χ0n) is 30.9. The lowest BCUT2D eigenvalue weighted by Crippen LogP contribution is -1.93. The molecular weight excluding hydrogens is 709 g/mol. The van der Waals surface area contributed by atoms with Gasteiger partial charge in [0.15, 0.2) is 0 Å². The second-order valence-corrected chi connectivity index (χ2v) is 16.0. The normalized spacial score (nSPS) is 11.9. The van der Waals surface area contributed by atoms with Crippen molar-refractivity contribution in [3.8, 4) is 44.8 Å². The molecule has 0 amide bonds. The lowest BCUT2D eigenvalue weighted by atomic mass is 9.99. The number of benzene rings is 9. The first-order valence-electron chi connectivity index (χ1n) is 19.5. The molecule has 57 heavy (non-hydrogen) atoms. The van der Waals surface area contributed by atoms with Crippen molar-refractivity contribution in [2.24, 2.45) is 0 Å². The molecule has 0 N–H and O–H groups in total. The summed E-state index contributed by atoms with van der Waals surface area (Å²) in [5, 5.41) is 7.67. The molecule has 0 unspecified atom stereocenters. The number of rotatable bonds is 5. The van der Waals surface area contributed by atoms with Crippen molar-refractivity contribution >= 4 is 75.1 Å². The van der Waals surface area contributed by atoms with Crippen LogP contribution in [-0.4, -0.2) is 9.13 Å². The summed E-state index contributed by atoms with van der Waals surface area (Å²) in [6, 6.07) is 75.6. The molecule has 0 saturated heterocycles. The quantitative estimate of drug-likeness (QED) is 0.166. The van der Waals surface area contributed by atoms with Crippen molar-refractivity contribution in [2.75, 3.05) is 0 Å². The smallest absolute Gasteiger partial charge is 0.0541 e. The van der Waals surface area contributed by atoms with Crippen LogP contribution in [0.3, 0.4) is 0 Å². The Bertz CT molecular complexity index is 3500. The first kappa shape index (κ1) is 32.1. The SMILES string of the molecule is c1ccc(-c2ccc3c(c2)c2cc(-c4ccc5c(c4)sc4cc(-c6ccc7c(c6)c6ccccc6n7-c6ccccc6)ccc45)ccc2n3-c2ccccc2)cc1. The number of nitrogens with zero attached hydrogens (tertiary/aromatic N) is 2. The van der Waals surface area contributed by atoms with E-state index in [2.05, 4.69) is 215 Å². The zero-order valence-corrected chi connectivity index (χ0v) is 31.7. The highest BCUT2D eigenvalue weighted by Crippen LogP contribution is 2.42. The van der Waals surface area contributed by atoms with Crippen molar-refractivity contribution in [3.05, 3.63) is 206 Å². The lowest BCUT2D eigenvalue weighted by Gasteiger charge is -2.08. The molecule has 0 radical (unpaired) electrons. The molecule has 9 aromatic carbocycles. The van der Waals surface area contributed by atoms with Crippen molar-refractivity contribution in [1.29, 1.82) is 0 Å². The molecule has 0 atom stereocenters. The molecule has 12 rings (SSSR count). The van der Waals surface area contributed by atoms with Gasteiger partial charge in [-0.3, -0.25) is 0 Å². The van der Waals surface area contributed by atoms with Crippen molar-refractivity contribution in [3.63, 3.8) is 0 Å². The third kappa shape index (κ3) is 5.10. The maximum Gasteiger partial charge on any atom is 0.0541 e. The summed E-state index contributed by atoms with van der Waals surface area (Å²) >= 11 is 1.89. The highest BCUT2D eigenvalue weighted by Gasteiger charge is 2.17. The lowest BCUT2D eigenvalue weighted by molar-refractivity contribution is 1.18. The number of aromatic nitrogens is 2. The number of para-hydroxylation sites is 3. The van der Waals surface area contributed by atoms with Gasteiger partial charge in [0.1, 0.15) is 0 Å². The third-order valence-corrected chi connectivity index (χ3v) is 12.8. The van der Waals surface area contributed by atoms with Gasteiger partial charge in [0.05, 0.1) is 22.1 Å².